The van der Waals surface area contributed by atoms with Crippen LogP contribution in [0.15, 0.2) is 53.0 Å². The molecule has 0 heterocycles. The molecule has 0 bridgehead atoms. The highest BCUT2D eigenvalue weighted by Crippen LogP contribution is 2.18. The summed E-state index contributed by atoms with van der Waals surface area (Å²) in [5, 5.41) is 2.72. The average molecular weight is 406 g/mol. The number of hydrogen-bond acceptors (Lipinski definition) is 4. The highest BCUT2D eigenvalue weighted by molar-refractivity contribution is 9.10. The summed E-state index contributed by atoms with van der Waals surface area (Å²) in [5.74, 6) is 0.236. The minimum atomic E-state index is -0.371. The molecule has 0 saturated carbocycles. The topological polar surface area (TPSA) is 64.6 Å². The molecule has 0 unspecified atom stereocenters. The third-order valence-electron chi connectivity index (χ3n) is 3.12. The fourth-order valence-electron chi connectivity index (χ4n) is 1.92. The number of carbonyl (C=O) groups is 2. The predicted molar refractivity (Wildman–Crippen MR) is 99.8 cm³/mol. The molecule has 2 rings (SSSR count). The van der Waals surface area contributed by atoms with Gasteiger partial charge >= 0.3 is 5.97 Å². The first kappa shape index (κ1) is 19.0. The molecule has 0 spiro atoms. The fraction of sp³-hybridized carbons (Fsp3) is 0.263. The van der Waals surface area contributed by atoms with Gasteiger partial charge in [0.1, 0.15) is 5.75 Å². The van der Waals surface area contributed by atoms with Crippen molar-refractivity contribution < 1.29 is 19.1 Å². The van der Waals surface area contributed by atoms with Gasteiger partial charge in [0, 0.05) is 10.2 Å². The van der Waals surface area contributed by atoms with Crippen LogP contribution >= 0.6 is 15.9 Å². The van der Waals surface area contributed by atoms with Crippen molar-refractivity contribution in [2.45, 2.75) is 13.8 Å². The largest absolute Gasteiger partial charge is 0.484 e. The van der Waals surface area contributed by atoms with E-state index in [4.69, 9.17) is 9.47 Å². The lowest BCUT2D eigenvalue weighted by Crippen LogP contribution is -2.20. The van der Waals surface area contributed by atoms with Crippen molar-refractivity contribution in [2.24, 2.45) is 5.92 Å². The smallest absolute Gasteiger partial charge is 0.338 e. The monoisotopic (exact) mass is 405 g/mol. The quantitative estimate of drug-likeness (QED) is 0.698. The highest BCUT2D eigenvalue weighted by Gasteiger charge is 2.09. The maximum Gasteiger partial charge on any atom is 0.338 e. The molecule has 0 aliphatic heterocycles. The zero-order chi connectivity index (χ0) is 18.2. The van der Waals surface area contributed by atoms with Crippen LogP contribution in [0.1, 0.15) is 24.2 Å². The minimum absolute atomic E-state index is 0.103. The van der Waals surface area contributed by atoms with Crippen molar-refractivity contribution in [2.75, 3.05) is 18.5 Å². The second-order valence-corrected chi connectivity index (χ2v) is 6.78. The lowest BCUT2D eigenvalue weighted by atomic mass is 10.2. The molecule has 0 aromatic heterocycles. The lowest BCUT2D eigenvalue weighted by Gasteiger charge is -2.09. The number of halogens is 1. The van der Waals surface area contributed by atoms with Crippen LogP contribution in [0.4, 0.5) is 5.69 Å². The predicted octanol–water partition coefficient (Wildman–Crippen LogP) is 4.28. The highest BCUT2D eigenvalue weighted by atomic mass is 79.9. The third-order valence-corrected chi connectivity index (χ3v) is 3.61. The molecule has 0 fully saturated rings. The lowest BCUT2D eigenvalue weighted by molar-refractivity contribution is -0.118. The molecule has 1 N–H and O–H groups in total. The molecule has 2 aromatic rings. The van der Waals surface area contributed by atoms with Crippen LogP contribution in [-0.4, -0.2) is 25.1 Å². The number of rotatable bonds is 7. The van der Waals surface area contributed by atoms with Gasteiger partial charge in [-0.25, -0.2) is 4.79 Å². The molecule has 0 radical (unpaired) electrons. The van der Waals surface area contributed by atoms with E-state index in [1.165, 1.54) is 0 Å². The maximum absolute atomic E-state index is 11.9. The second-order valence-electron chi connectivity index (χ2n) is 5.86. The molecule has 132 valence electrons. The first-order valence-corrected chi connectivity index (χ1v) is 8.69. The van der Waals surface area contributed by atoms with Gasteiger partial charge in [0.05, 0.1) is 12.2 Å². The Morgan fingerprint density at radius 2 is 1.84 bits per heavy atom. The molecule has 0 aliphatic carbocycles. The van der Waals surface area contributed by atoms with Gasteiger partial charge in [-0.3, -0.25) is 4.79 Å². The molecule has 0 saturated heterocycles. The van der Waals surface area contributed by atoms with E-state index in [0.717, 1.165) is 4.47 Å². The molecule has 25 heavy (non-hydrogen) atoms. The molecule has 0 aliphatic rings. The summed E-state index contributed by atoms with van der Waals surface area (Å²) in [5.41, 5.74) is 1.03. The van der Waals surface area contributed by atoms with Gasteiger partial charge in [0.2, 0.25) is 0 Å². The first-order chi connectivity index (χ1) is 11.9. The van der Waals surface area contributed by atoms with Crippen molar-refractivity contribution in [3.8, 4) is 5.75 Å². The summed E-state index contributed by atoms with van der Waals surface area (Å²) in [6.07, 6.45) is 0. The Morgan fingerprint density at radius 3 is 2.48 bits per heavy atom. The van der Waals surface area contributed by atoms with E-state index in [9.17, 15) is 9.59 Å². The Bertz CT molecular complexity index is 728. The molecule has 2 aromatic carbocycles. The number of ether oxygens (including phenoxy) is 2. The second kappa shape index (κ2) is 9.22. The van der Waals surface area contributed by atoms with Crippen molar-refractivity contribution >= 4 is 33.5 Å². The number of anilines is 1. The van der Waals surface area contributed by atoms with Crippen molar-refractivity contribution in [1.82, 2.24) is 0 Å². The summed E-state index contributed by atoms with van der Waals surface area (Å²) < 4.78 is 11.5. The van der Waals surface area contributed by atoms with Crippen molar-refractivity contribution in [1.29, 1.82) is 0 Å². The van der Waals surface area contributed by atoms with E-state index < -0.39 is 0 Å². The zero-order valence-corrected chi connectivity index (χ0v) is 15.7. The van der Waals surface area contributed by atoms with Crippen LogP contribution < -0.4 is 10.1 Å². The van der Waals surface area contributed by atoms with Gasteiger partial charge in [-0.2, -0.15) is 0 Å². The van der Waals surface area contributed by atoms with Crippen molar-refractivity contribution in [3.63, 3.8) is 0 Å². The van der Waals surface area contributed by atoms with E-state index in [0.29, 0.717) is 23.6 Å². The molecule has 1 amide bonds. The maximum atomic E-state index is 11.9. The number of amides is 1. The summed E-state index contributed by atoms with van der Waals surface area (Å²) in [7, 11) is 0. The number of hydrogen-bond donors (Lipinski definition) is 1. The van der Waals surface area contributed by atoms with Crippen molar-refractivity contribution in [3.05, 3.63) is 58.6 Å². The van der Waals surface area contributed by atoms with Crippen LogP contribution in [0.5, 0.6) is 5.75 Å². The van der Waals surface area contributed by atoms with E-state index in [2.05, 4.69) is 21.2 Å². The summed E-state index contributed by atoms with van der Waals surface area (Å²) in [6.45, 7) is 4.23. The molecule has 6 heteroatoms. The Kier molecular flexibility index (Phi) is 7.01. The fourth-order valence-corrected chi connectivity index (χ4v) is 2.30. The Labute approximate surface area is 155 Å². The van der Waals surface area contributed by atoms with E-state index in [1.807, 2.05) is 26.0 Å². The standard InChI is InChI=1S/C19H20BrNO4/c1-13(2)11-25-19(23)14-6-8-16(9-7-14)21-18(22)12-24-17-5-3-4-15(20)10-17/h3-10,13H,11-12H2,1-2H3,(H,21,22). The summed E-state index contributed by atoms with van der Waals surface area (Å²) in [6, 6.07) is 13.8. The average Bonchev–Trinajstić information content (AvgIpc) is 2.58. The number of esters is 1. The van der Waals surface area contributed by atoms with E-state index in [1.54, 1.807) is 36.4 Å². The first-order valence-electron chi connectivity index (χ1n) is 7.89. The van der Waals surface area contributed by atoms with Gasteiger partial charge < -0.3 is 14.8 Å². The SMILES string of the molecule is CC(C)COC(=O)c1ccc(NC(=O)COc2cccc(Br)c2)cc1. The number of benzene rings is 2. The van der Waals surface area contributed by atoms with Crippen LogP contribution in [0, 0.1) is 5.92 Å². The van der Waals surface area contributed by atoms with E-state index >= 15 is 0 Å². The van der Waals surface area contributed by atoms with Crippen LogP contribution in [0.3, 0.4) is 0 Å². The number of carbonyl (C=O) groups excluding carboxylic acids is 2. The molecule has 5 nitrogen and oxygen atoms in total. The van der Waals surface area contributed by atoms with Gasteiger partial charge in [-0.15, -0.1) is 0 Å². The Hall–Kier alpha value is -2.34. The Morgan fingerprint density at radius 1 is 1.12 bits per heavy atom. The van der Waals surface area contributed by atoms with Crippen LogP contribution in [0.2, 0.25) is 0 Å². The van der Waals surface area contributed by atoms with Crippen LogP contribution in [-0.2, 0) is 9.53 Å². The van der Waals surface area contributed by atoms with Gasteiger partial charge in [0.25, 0.3) is 5.91 Å². The van der Waals surface area contributed by atoms with Gasteiger partial charge in [0.15, 0.2) is 6.61 Å². The Balaban J connectivity index is 1.83. The zero-order valence-electron chi connectivity index (χ0n) is 14.1. The minimum Gasteiger partial charge on any atom is -0.484 e. The summed E-state index contributed by atoms with van der Waals surface area (Å²) in [4.78, 5) is 23.8. The van der Waals surface area contributed by atoms with Gasteiger partial charge in [-0.1, -0.05) is 35.8 Å². The molecule has 0 atom stereocenters. The van der Waals surface area contributed by atoms with Crippen LogP contribution in [0.25, 0.3) is 0 Å². The summed E-state index contributed by atoms with van der Waals surface area (Å²) >= 11 is 3.34. The molecular formula is C19H20BrNO4. The third kappa shape index (κ3) is 6.58. The van der Waals surface area contributed by atoms with Gasteiger partial charge in [-0.05, 0) is 48.4 Å². The normalized spacial score (nSPS) is 10.4. The number of nitrogens with one attached hydrogen (secondary N) is 1. The molecular weight excluding hydrogens is 386 g/mol. The van der Waals surface area contributed by atoms with E-state index in [-0.39, 0.29) is 24.4 Å².